The number of para-hydroxylation sites is 2. The average molecular weight is 417 g/mol. The Balaban J connectivity index is 1.40. The lowest BCUT2D eigenvalue weighted by Gasteiger charge is -2.32. The van der Waals surface area contributed by atoms with E-state index in [0.29, 0.717) is 42.6 Å². The molecule has 7 heteroatoms. The third-order valence-electron chi connectivity index (χ3n) is 4.67. The number of rotatable bonds is 8. The highest BCUT2D eigenvalue weighted by Gasteiger charge is 2.31. The van der Waals surface area contributed by atoms with Crippen molar-refractivity contribution in [3.05, 3.63) is 53.1 Å². The van der Waals surface area contributed by atoms with Gasteiger partial charge in [0.15, 0.2) is 6.10 Å². The van der Waals surface area contributed by atoms with Crippen molar-refractivity contribution in [3.8, 4) is 11.5 Å². The van der Waals surface area contributed by atoms with Crippen LogP contribution < -0.4 is 19.7 Å². The van der Waals surface area contributed by atoms with Crippen LogP contribution in [0.15, 0.2) is 42.5 Å². The van der Waals surface area contributed by atoms with E-state index in [9.17, 15) is 9.59 Å². The van der Waals surface area contributed by atoms with Crippen molar-refractivity contribution < 1.29 is 19.1 Å². The van der Waals surface area contributed by atoms with Crippen LogP contribution in [0.2, 0.25) is 5.02 Å². The number of hydrogen-bond acceptors (Lipinski definition) is 4. The minimum Gasteiger partial charge on any atom is -0.493 e. The van der Waals surface area contributed by atoms with Crippen LogP contribution >= 0.6 is 11.6 Å². The molecule has 2 amide bonds. The van der Waals surface area contributed by atoms with Gasteiger partial charge in [0.05, 0.1) is 12.3 Å². The lowest BCUT2D eigenvalue weighted by Crippen LogP contribution is -2.45. The van der Waals surface area contributed by atoms with E-state index < -0.39 is 6.10 Å². The lowest BCUT2D eigenvalue weighted by molar-refractivity contribution is -0.125. The molecule has 6 nitrogen and oxygen atoms in total. The molecule has 0 fully saturated rings. The molecule has 0 aliphatic carbocycles. The van der Waals surface area contributed by atoms with Crippen molar-refractivity contribution >= 4 is 29.1 Å². The van der Waals surface area contributed by atoms with E-state index in [2.05, 4.69) is 5.32 Å². The van der Waals surface area contributed by atoms with Crippen LogP contribution in [0.25, 0.3) is 0 Å². The summed E-state index contributed by atoms with van der Waals surface area (Å²) in [6, 6.07) is 12.8. The predicted molar refractivity (Wildman–Crippen MR) is 113 cm³/mol. The second kappa shape index (κ2) is 9.65. The topological polar surface area (TPSA) is 67.9 Å². The van der Waals surface area contributed by atoms with Crippen molar-refractivity contribution in [1.29, 1.82) is 0 Å². The van der Waals surface area contributed by atoms with E-state index in [1.165, 1.54) is 0 Å². The van der Waals surface area contributed by atoms with Crippen LogP contribution in [0.3, 0.4) is 0 Å². The summed E-state index contributed by atoms with van der Waals surface area (Å²) in [5, 5.41) is 3.55. The van der Waals surface area contributed by atoms with Gasteiger partial charge in [-0.25, -0.2) is 0 Å². The smallest absolute Gasteiger partial charge is 0.267 e. The summed E-state index contributed by atoms with van der Waals surface area (Å²) in [7, 11) is 0. The molecule has 0 bridgehead atoms. The molecule has 1 aliphatic heterocycles. The SMILES string of the molecule is Cc1cc(Cl)ccc1OCCCNC(=O)CCN1C(=O)C(C)Oc2ccccc21. The molecule has 1 unspecified atom stereocenters. The monoisotopic (exact) mass is 416 g/mol. The van der Waals surface area contributed by atoms with Crippen molar-refractivity contribution in [2.45, 2.75) is 32.8 Å². The highest BCUT2D eigenvalue weighted by Crippen LogP contribution is 2.33. The van der Waals surface area contributed by atoms with Crippen LogP contribution in [-0.4, -0.2) is 37.6 Å². The highest BCUT2D eigenvalue weighted by atomic mass is 35.5. The number of benzene rings is 2. The van der Waals surface area contributed by atoms with Gasteiger partial charge < -0.3 is 19.7 Å². The number of ether oxygens (including phenoxy) is 2. The zero-order chi connectivity index (χ0) is 20.8. The molecule has 0 saturated heterocycles. The van der Waals surface area contributed by atoms with Gasteiger partial charge in [0.2, 0.25) is 5.91 Å². The number of nitrogens with one attached hydrogen (secondary N) is 1. The molecule has 2 aromatic rings. The Morgan fingerprint density at radius 3 is 2.86 bits per heavy atom. The predicted octanol–water partition coefficient (Wildman–Crippen LogP) is 3.74. The Kier molecular flexibility index (Phi) is 6.99. The van der Waals surface area contributed by atoms with Gasteiger partial charge in [-0.15, -0.1) is 0 Å². The van der Waals surface area contributed by atoms with Crippen molar-refractivity contribution in [3.63, 3.8) is 0 Å². The van der Waals surface area contributed by atoms with Crippen LogP contribution in [0.5, 0.6) is 11.5 Å². The number of anilines is 1. The second-order valence-corrected chi connectivity index (χ2v) is 7.37. The van der Waals surface area contributed by atoms with Crippen LogP contribution in [0, 0.1) is 6.92 Å². The first kappa shape index (κ1) is 21.0. The summed E-state index contributed by atoms with van der Waals surface area (Å²) < 4.78 is 11.3. The molecule has 154 valence electrons. The molecule has 0 radical (unpaired) electrons. The standard InChI is InChI=1S/C22H25ClN2O4/c1-15-14-17(23)8-9-19(15)28-13-5-11-24-21(26)10-12-25-18-6-3-4-7-20(18)29-16(2)22(25)27/h3-4,6-9,14,16H,5,10-13H2,1-2H3,(H,24,26). The summed E-state index contributed by atoms with van der Waals surface area (Å²) in [4.78, 5) is 26.2. The van der Waals surface area contributed by atoms with Crippen LogP contribution in [0.4, 0.5) is 5.69 Å². The fourth-order valence-corrected chi connectivity index (χ4v) is 3.37. The number of nitrogens with zero attached hydrogens (tertiary/aromatic N) is 1. The molecule has 2 aromatic carbocycles. The number of carbonyl (C=O) groups excluding carboxylic acids is 2. The quantitative estimate of drug-likeness (QED) is 0.665. The summed E-state index contributed by atoms with van der Waals surface area (Å²) in [5.41, 5.74) is 1.68. The first-order valence-electron chi connectivity index (χ1n) is 9.68. The molecule has 1 N–H and O–H groups in total. The Morgan fingerprint density at radius 1 is 1.28 bits per heavy atom. The largest absolute Gasteiger partial charge is 0.493 e. The van der Waals surface area contributed by atoms with Crippen molar-refractivity contribution in [2.75, 3.05) is 24.6 Å². The van der Waals surface area contributed by atoms with Gasteiger partial charge >= 0.3 is 0 Å². The van der Waals surface area contributed by atoms with E-state index in [1.54, 1.807) is 17.9 Å². The van der Waals surface area contributed by atoms with Gasteiger partial charge in [-0.05, 0) is 56.2 Å². The third kappa shape index (κ3) is 5.41. The first-order chi connectivity index (χ1) is 14.0. The summed E-state index contributed by atoms with van der Waals surface area (Å²) in [6.45, 7) is 4.98. The fraction of sp³-hybridized carbons (Fsp3) is 0.364. The third-order valence-corrected chi connectivity index (χ3v) is 4.91. The zero-order valence-corrected chi connectivity index (χ0v) is 17.4. The average Bonchev–Trinajstić information content (AvgIpc) is 2.69. The van der Waals surface area contributed by atoms with E-state index in [0.717, 1.165) is 11.3 Å². The van der Waals surface area contributed by atoms with E-state index in [1.807, 2.05) is 43.3 Å². The fourth-order valence-electron chi connectivity index (χ4n) is 3.15. The second-order valence-electron chi connectivity index (χ2n) is 6.93. The summed E-state index contributed by atoms with van der Waals surface area (Å²) in [6.07, 6.45) is 0.357. The first-order valence-corrected chi connectivity index (χ1v) is 10.1. The van der Waals surface area contributed by atoms with Gasteiger partial charge in [-0.1, -0.05) is 23.7 Å². The van der Waals surface area contributed by atoms with Gasteiger partial charge in [0.25, 0.3) is 5.91 Å². The van der Waals surface area contributed by atoms with Crippen molar-refractivity contribution in [1.82, 2.24) is 5.32 Å². The Hall–Kier alpha value is -2.73. The van der Waals surface area contributed by atoms with E-state index in [-0.39, 0.29) is 18.2 Å². The Labute approximate surface area is 175 Å². The van der Waals surface area contributed by atoms with Crippen LogP contribution in [-0.2, 0) is 9.59 Å². The molecular formula is C22H25ClN2O4. The molecular weight excluding hydrogens is 392 g/mol. The number of aryl methyl sites for hydroxylation is 1. The minimum absolute atomic E-state index is 0.0999. The van der Waals surface area contributed by atoms with Crippen LogP contribution in [0.1, 0.15) is 25.3 Å². The zero-order valence-electron chi connectivity index (χ0n) is 16.6. The maximum atomic E-state index is 12.4. The normalized spacial score (nSPS) is 15.5. The maximum absolute atomic E-state index is 12.4. The number of amides is 2. The molecule has 29 heavy (non-hydrogen) atoms. The van der Waals surface area contributed by atoms with Gasteiger partial charge in [0.1, 0.15) is 11.5 Å². The Bertz CT molecular complexity index is 887. The molecule has 1 aliphatic rings. The highest BCUT2D eigenvalue weighted by molar-refractivity contribution is 6.30. The lowest BCUT2D eigenvalue weighted by atomic mass is 10.1. The minimum atomic E-state index is -0.554. The van der Waals surface area contributed by atoms with Gasteiger partial charge in [0, 0.05) is 24.5 Å². The molecule has 0 spiro atoms. The summed E-state index contributed by atoms with van der Waals surface area (Å²) >= 11 is 5.93. The van der Waals surface area contributed by atoms with E-state index >= 15 is 0 Å². The molecule has 1 atom stereocenters. The number of carbonyl (C=O) groups is 2. The molecule has 0 saturated carbocycles. The molecule has 1 heterocycles. The number of halogens is 1. The Morgan fingerprint density at radius 2 is 2.07 bits per heavy atom. The van der Waals surface area contributed by atoms with Crippen molar-refractivity contribution in [2.24, 2.45) is 0 Å². The van der Waals surface area contributed by atoms with Gasteiger partial charge in [-0.3, -0.25) is 9.59 Å². The molecule has 0 aromatic heterocycles. The van der Waals surface area contributed by atoms with Gasteiger partial charge in [-0.2, -0.15) is 0 Å². The summed E-state index contributed by atoms with van der Waals surface area (Å²) in [5.74, 6) is 1.22. The number of hydrogen-bond donors (Lipinski definition) is 1. The number of fused-ring (bicyclic) bond motifs is 1. The van der Waals surface area contributed by atoms with E-state index in [4.69, 9.17) is 21.1 Å². The molecule has 3 rings (SSSR count). The maximum Gasteiger partial charge on any atom is 0.267 e.